The molecule has 9 nitrogen and oxygen atoms in total. The highest BCUT2D eigenvalue weighted by Gasteiger charge is 2.24. The quantitative estimate of drug-likeness (QED) is 0.761. The largest absolute Gasteiger partial charge is 0.450 e. The molecular weight excluding hydrogens is 308 g/mol. The van der Waals surface area contributed by atoms with Gasteiger partial charge in [-0.05, 0) is 30.2 Å². The lowest BCUT2D eigenvalue weighted by Gasteiger charge is -2.31. The van der Waals surface area contributed by atoms with E-state index in [1.165, 1.54) is 16.4 Å². The standard InChI is InChI=1S/C12H20N6O3S/c1-3-21-12(20)18-6-4-9(5-7-18)13-10(19)8-22-11-14-15-16-17(11)2/h9H,3-8H2,1-2H3,(H,13,19). The van der Waals surface area contributed by atoms with Crippen molar-refractivity contribution in [2.45, 2.75) is 31.0 Å². The summed E-state index contributed by atoms with van der Waals surface area (Å²) in [4.78, 5) is 25.2. The van der Waals surface area contributed by atoms with Gasteiger partial charge in [0.1, 0.15) is 0 Å². The number of piperidine rings is 1. The van der Waals surface area contributed by atoms with E-state index in [9.17, 15) is 9.59 Å². The molecule has 2 rings (SSSR count). The second kappa shape index (κ2) is 7.97. The van der Waals surface area contributed by atoms with Crippen molar-refractivity contribution in [1.82, 2.24) is 30.4 Å². The van der Waals surface area contributed by atoms with Crippen molar-refractivity contribution in [3.8, 4) is 0 Å². The number of carbonyl (C=O) groups is 2. The van der Waals surface area contributed by atoms with Crippen LogP contribution in [-0.4, -0.2) is 68.6 Å². The Bertz CT molecular complexity index is 515. The molecule has 0 aliphatic carbocycles. The zero-order valence-corrected chi connectivity index (χ0v) is 13.5. The molecule has 2 heterocycles. The average molecular weight is 328 g/mol. The van der Waals surface area contributed by atoms with Crippen molar-refractivity contribution in [2.75, 3.05) is 25.4 Å². The molecule has 1 aromatic heterocycles. The van der Waals surface area contributed by atoms with Crippen LogP contribution in [0.4, 0.5) is 4.79 Å². The Morgan fingerprint density at radius 2 is 2.14 bits per heavy atom. The van der Waals surface area contributed by atoms with Crippen molar-refractivity contribution >= 4 is 23.8 Å². The number of aryl methyl sites for hydroxylation is 1. The van der Waals surface area contributed by atoms with Gasteiger partial charge in [-0.25, -0.2) is 9.48 Å². The second-order valence-electron chi connectivity index (χ2n) is 4.90. The summed E-state index contributed by atoms with van der Waals surface area (Å²) in [5, 5.41) is 14.6. The summed E-state index contributed by atoms with van der Waals surface area (Å²) in [6.07, 6.45) is 1.19. The first-order chi connectivity index (χ1) is 10.6. The van der Waals surface area contributed by atoms with E-state index in [1.807, 2.05) is 0 Å². The molecule has 0 radical (unpaired) electrons. The Morgan fingerprint density at radius 3 is 2.73 bits per heavy atom. The fourth-order valence-electron chi connectivity index (χ4n) is 2.16. The van der Waals surface area contributed by atoms with Crippen molar-refractivity contribution in [1.29, 1.82) is 0 Å². The van der Waals surface area contributed by atoms with Crippen LogP contribution in [0.1, 0.15) is 19.8 Å². The molecule has 1 saturated heterocycles. The van der Waals surface area contributed by atoms with E-state index in [4.69, 9.17) is 4.74 Å². The van der Waals surface area contributed by atoms with Crippen LogP contribution >= 0.6 is 11.8 Å². The molecular formula is C12H20N6O3S. The number of thioether (sulfide) groups is 1. The highest BCUT2D eigenvalue weighted by atomic mass is 32.2. The minimum absolute atomic E-state index is 0.0532. The smallest absolute Gasteiger partial charge is 0.409 e. The minimum Gasteiger partial charge on any atom is -0.450 e. The molecule has 0 bridgehead atoms. The molecule has 0 atom stereocenters. The Balaban J connectivity index is 1.68. The summed E-state index contributed by atoms with van der Waals surface area (Å²) in [5.74, 6) is 0.217. The lowest BCUT2D eigenvalue weighted by atomic mass is 10.1. The first-order valence-electron chi connectivity index (χ1n) is 7.16. The van der Waals surface area contributed by atoms with Crippen LogP contribution in [0.15, 0.2) is 5.16 Å². The van der Waals surface area contributed by atoms with Crippen molar-refractivity contribution < 1.29 is 14.3 Å². The molecule has 1 aromatic rings. The third-order valence-electron chi connectivity index (χ3n) is 3.30. The van der Waals surface area contributed by atoms with Gasteiger partial charge in [0.05, 0.1) is 12.4 Å². The van der Waals surface area contributed by atoms with E-state index in [-0.39, 0.29) is 23.8 Å². The molecule has 0 unspecified atom stereocenters. The monoisotopic (exact) mass is 328 g/mol. The van der Waals surface area contributed by atoms with Crippen LogP contribution in [0, 0.1) is 0 Å². The molecule has 0 aromatic carbocycles. The highest BCUT2D eigenvalue weighted by Crippen LogP contribution is 2.14. The van der Waals surface area contributed by atoms with Gasteiger partial charge in [0.15, 0.2) is 0 Å². The number of hydrogen-bond acceptors (Lipinski definition) is 7. The van der Waals surface area contributed by atoms with E-state index in [2.05, 4.69) is 20.8 Å². The summed E-state index contributed by atoms with van der Waals surface area (Å²) in [5.41, 5.74) is 0. The Kier molecular flexibility index (Phi) is 5.99. The van der Waals surface area contributed by atoms with Gasteiger partial charge in [0, 0.05) is 26.2 Å². The number of aromatic nitrogens is 4. The highest BCUT2D eigenvalue weighted by molar-refractivity contribution is 7.99. The van der Waals surface area contributed by atoms with E-state index in [0.29, 0.717) is 24.9 Å². The van der Waals surface area contributed by atoms with Gasteiger partial charge in [-0.3, -0.25) is 4.79 Å². The van der Waals surface area contributed by atoms with Crippen molar-refractivity contribution in [2.24, 2.45) is 7.05 Å². The summed E-state index contributed by atoms with van der Waals surface area (Å²) >= 11 is 1.29. The number of tetrazole rings is 1. The van der Waals surface area contributed by atoms with Crippen LogP contribution in [0.5, 0.6) is 0 Å². The van der Waals surface area contributed by atoms with Crippen LogP contribution in [0.2, 0.25) is 0 Å². The Morgan fingerprint density at radius 1 is 1.41 bits per heavy atom. The fraction of sp³-hybridized carbons (Fsp3) is 0.750. The summed E-state index contributed by atoms with van der Waals surface area (Å²) < 4.78 is 6.49. The summed E-state index contributed by atoms with van der Waals surface area (Å²) in [6.45, 7) is 3.37. The summed E-state index contributed by atoms with van der Waals surface area (Å²) in [7, 11) is 1.73. The molecule has 0 spiro atoms. The fourth-order valence-corrected chi connectivity index (χ4v) is 2.83. The Hall–Kier alpha value is -1.84. The van der Waals surface area contributed by atoms with E-state index >= 15 is 0 Å². The first kappa shape index (κ1) is 16.5. The van der Waals surface area contributed by atoms with Crippen LogP contribution in [0.3, 0.4) is 0 Å². The lowest BCUT2D eigenvalue weighted by Crippen LogP contribution is -2.47. The van der Waals surface area contributed by atoms with Gasteiger partial charge in [-0.2, -0.15) is 0 Å². The molecule has 1 aliphatic rings. The molecule has 22 heavy (non-hydrogen) atoms. The van der Waals surface area contributed by atoms with Gasteiger partial charge < -0.3 is 15.0 Å². The lowest BCUT2D eigenvalue weighted by molar-refractivity contribution is -0.119. The van der Waals surface area contributed by atoms with E-state index in [1.54, 1.807) is 18.9 Å². The van der Waals surface area contributed by atoms with Crippen LogP contribution < -0.4 is 5.32 Å². The average Bonchev–Trinajstić information content (AvgIpc) is 2.91. The summed E-state index contributed by atoms with van der Waals surface area (Å²) in [6, 6.07) is 0.0939. The van der Waals surface area contributed by atoms with Gasteiger partial charge in [0.25, 0.3) is 0 Å². The Labute approximate surface area is 132 Å². The zero-order chi connectivity index (χ0) is 15.9. The number of carbonyl (C=O) groups excluding carboxylic acids is 2. The zero-order valence-electron chi connectivity index (χ0n) is 12.7. The maximum absolute atomic E-state index is 11.9. The number of ether oxygens (including phenoxy) is 1. The van der Waals surface area contributed by atoms with Gasteiger partial charge in [-0.15, -0.1) is 5.10 Å². The molecule has 1 N–H and O–H groups in total. The van der Waals surface area contributed by atoms with Crippen molar-refractivity contribution in [3.05, 3.63) is 0 Å². The van der Waals surface area contributed by atoms with Crippen LogP contribution in [-0.2, 0) is 16.6 Å². The maximum Gasteiger partial charge on any atom is 0.409 e. The number of amides is 2. The number of nitrogens with one attached hydrogen (secondary N) is 1. The molecule has 1 fully saturated rings. The molecule has 0 saturated carbocycles. The number of likely N-dealkylation sites (tertiary alicyclic amines) is 1. The molecule has 10 heteroatoms. The predicted octanol–water partition coefficient (Wildman–Crippen LogP) is 0.0393. The second-order valence-corrected chi connectivity index (χ2v) is 5.84. The SMILES string of the molecule is CCOC(=O)N1CCC(NC(=O)CSc2nnnn2C)CC1. The minimum atomic E-state index is -0.280. The number of nitrogens with zero attached hydrogens (tertiary/aromatic N) is 5. The van der Waals surface area contributed by atoms with Gasteiger partial charge >= 0.3 is 6.09 Å². The van der Waals surface area contributed by atoms with Crippen molar-refractivity contribution in [3.63, 3.8) is 0 Å². The number of hydrogen-bond donors (Lipinski definition) is 1. The molecule has 1 aliphatic heterocycles. The van der Waals surface area contributed by atoms with E-state index in [0.717, 1.165) is 12.8 Å². The normalized spacial score (nSPS) is 15.6. The van der Waals surface area contributed by atoms with Crippen LogP contribution in [0.25, 0.3) is 0 Å². The topological polar surface area (TPSA) is 102 Å². The van der Waals surface area contributed by atoms with Gasteiger partial charge in [-0.1, -0.05) is 11.8 Å². The molecule has 2 amide bonds. The maximum atomic E-state index is 11.9. The third kappa shape index (κ3) is 4.58. The van der Waals surface area contributed by atoms with E-state index < -0.39 is 0 Å². The third-order valence-corrected chi connectivity index (χ3v) is 4.31. The van der Waals surface area contributed by atoms with Gasteiger partial charge in [0.2, 0.25) is 11.1 Å². The number of rotatable bonds is 5. The first-order valence-corrected chi connectivity index (χ1v) is 8.15. The predicted molar refractivity (Wildman–Crippen MR) is 79.3 cm³/mol. The molecule has 122 valence electrons.